The van der Waals surface area contributed by atoms with Crippen LogP contribution in [0, 0.1) is 10.1 Å². The highest BCUT2D eigenvalue weighted by molar-refractivity contribution is 5.36. The Bertz CT molecular complexity index is 472. The molecule has 2 unspecified atom stereocenters. The molecule has 0 saturated carbocycles. The molecule has 0 aliphatic carbocycles. The molecule has 1 heterocycles. The summed E-state index contributed by atoms with van der Waals surface area (Å²) in [7, 11) is 0. The maximum Gasteiger partial charge on any atom is 0.269 e. The molecule has 1 aromatic carbocycles. The fourth-order valence-corrected chi connectivity index (χ4v) is 3.28. The van der Waals surface area contributed by atoms with Gasteiger partial charge < -0.3 is 5.32 Å². The number of rotatable bonds is 7. The first-order valence-electron chi connectivity index (χ1n) is 7.88. The Kier molecular flexibility index (Phi) is 5.70. The van der Waals surface area contributed by atoms with E-state index in [1.165, 1.54) is 0 Å². The molecule has 116 valence electrons. The van der Waals surface area contributed by atoms with E-state index in [1.807, 2.05) is 6.07 Å². The van der Waals surface area contributed by atoms with Crippen LogP contribution in [0.2, 0.25) is 0 Å². The Morgan fingerprint density at radius 2 is 2.29 bits per heavy atom. The molecule has 0 spiro atoms. The number of nitro groups is 1. The number of nitrogens with zero attached hydrogens (tertiary/aromatic N) is 2. The van der Waals surface area contributed by atoms with Gasteiger partial charge in [-0.1, -0.05) is 26.0 Å². The summed E-state index contributed by atoms with van der Waals surface area (Å²) in [6.07, 6.45) is 3.23. The zero-order chi connectivity index (χ0) is 15.2. The molecule has 21 heavy (non-hydrogen) atoms. The monoisotopic (exact) mass is 291 g/mol. The van der Waals surface area contributed by atoms with Gasteiger partial charge in [-0.05, 0) is 37.9 Å². The Labute approximate surface area is 126 Å². The first kappa shape index (κ1) is 15.9. The molecular weight excluding hydrogens is 266 g/mol. The van der Waals surface area contributed by atoms with Crippen LogP contribution in [0.25, 0.3) is 0 Å². The lowest BCUT2D eigenvalue weighted by Crippen LogP contribution is -2.40. The van der Waals surface area contributed by atoms with Crippen molar-refractivity contribution in [2.75, 3.05) is 19.6 Å². The van der Waals surface area contributed by atoms with Crippen molar-refractivity contribution in [1.29, 1.82) is 0 Å². The molecule has 5 nitrogen and oxygen atoms in total. The summed E-state index contributed by atoms with van der Waals surface area (Å²) in [4.78, 5) is 13.2. The Morgan fingerprint density at radius 3 is 2.86 bits per heavy atom. The molecular formula is C16H25N3O2. The molecule has 1 saturated heterocycles. The predicted molar refractivity (Wildman–Crippen MR) is 84.4 cm³/mol. The molecule has 0 amide bonds. The second kappa shape index (κ2) is 7.52. The Morgan fingerprint density at radius 1 is 1.48 bits per heavy atom. The number of hydrogen-bond acceptors (Lipinski definition) is 4. The van der Waals surface area contributed by atoms with E-state index < -0.39 is 0 Å². The van der Waals surface area contributed by atoms with E-state index in [1.54, 1.807) is 18.2 Å². The van der Waals surface area contributed by atoms with Crippen molar-refractivity contribution in [3.05, 3.63) is 39.9 Å². The van der Waals surface area contributed by atoms with E-state index in [4.69, 9.17) is 0 Å². The van der Waals surface area contributed by atoms with Gasteiger partial charge >= 0.3 is 0 Å². The van der Waals surface area contributed by atoms with Crippen LogP contribution in [0.3, 0.4) is 0 Å². The number of nitrogens with one attached hydrogen (secondary N) is 1. The van der Waals surface area contributed by atoms with E-state index in [2.05, 4.69) is 24.1 Å². The minimum atomic E-state index is -0.308. The third kappa shape index (κ3) is 3.80. The lowest BCUT2D eigenvalue weighted by molar-refractivity contribution is -0.385. The van der Waals surface area contributed by atoms with Gasteiger partial charge in [-0.3, -0.25) is 15.0 Å². The van der Waals surface area contributed by atoms with E-state index in [9.17, 15) is 10.1 Å². The van der Waals surface area contributed by atoms with E-state index in [0.717, 1.165) is 44.5 Å². The first-order chi connectivity index (χ1) is 10.2. The third-order valence-electron chi connectivity index (χ3n) is 4.24. The largest absolute Gasteiger partial charge is 0.315 e. The van der Waals surface area contributed by atoms with Crippen molar-refractivity contribution in [2.24, 2.45) is 0 Å². The van der Waals surface area contributed by atoms with Crippen molar-refractivity contribution in [3.8, 4) is 0 Å². The van der Waals surface area contributed by atoms with Gasteiger partial charge in [-0.25, -0.2) is 0 Å². The Hall–Kier alpha value is -1.46. The van der Waals surface area contributed by atoms with Crippen molar-refractivity contribution in [1.82, 2.24) is 10.2 Å². The molecule has 1 aliphatic heterocycles. The molecule has 0 bridgehead atoms. The SMILES string of the molecule is CCCN(C1CCNC1)C(CC)c1cccc([N+](=O)[O-])c1. The molecule has 1 fully saturated rings. The van der Waals surface area contributed by atoms with Gasteiger partial charge in [0.15, 0.2) is 0 Å². The maximum absolute atomic E-state index is 11.0. The molecule has 2 rings (SSSR count). The van der Waals surface area contributed by atoms with E-state index in [-0.39, 0.29) is 16.7 Å². The van der Waals surface area contributed by atoms with Crippen LogP contribution in [0.1, 0.15) is 44.7 Å². The van der Waals surface area contributed by atoms with Crippen molar-refractivity contribution >= 4 is 5.69 Å². The first-order valence-corrected chi connectivity index (χ1v) is 7.88. The normalized spacial score (nSPS) is 19.9. The van der Waals surface area contributed by atoms with E-state index in [0.29, 0.717) is 6.04 Å². The Balaban J connectivity index is 2.26. The van der Waals surface area contributed by atoms with E-state index >= 15 is 0 Å². The van der Waals surface area contributed by atoms with Gasteiger partial charge in [0.25, 0.3) is 5.69 Å². The topological polar surface area (TPSA) is 58.4 Å². The summed E-state index contributed by atoms with van der Waals surface area (Å²) in [6.45, 7) is 7.47. The van der Waals surface area contributed by atoms with Crippen LogP contribution >= 0.6 is 0 Å². The molecule has 5 heteroatoms. The van der Waals surface area contributed by atoms with Crippen molar-refractivity contribution in [3.63, 3.8) is 0 Å². The molecule has 1 aromatic rings. The second-order valence-electron chi connectivity index (χ2n) is 5.66. The highest BCUT2D eigenvalue weighted by atomic mass is 16.6. The third-order valence-corrected chi connectivity index (χ3v) is 4.24. The molecule has 0 aromatic heterocycles. The number of nitro benzene ring substituents is 1. The average Bonchev–Trinajstić information content (AvgIpc) is 3.01. The number of non-ortho nitro benzene ring substituents is 1. The van der Waals surface area contributed by atoms with Gasteiger partial charge in [0.2, 0.25) is 0 Å². The minimum absolute atomic E-state index is 0.187. The van der Waals surface area contributed by atoms with Crippen LogP contribution in [-0.2, 0) is 0 Å². The number of hydrogen-bond donors (Lipinski definition) is 1. The summed E-state index contributed by atoms with van der Waals surface area (Å²) in [5, 5.41) is 14.4. The average molecular weight is 291 g/mol. The lowest BCUT2D eigenvalue weighted by Gasteiger charge is -2.36. The molecule has 1 aliphatic rings. The summed E-state index contributed by atoms with van der Waals surface area (Å²) < 4.78 is 0. The summed E-state index contributed by atoms with van der Waals surface area (Å²) >= 11 is 0. The second-order valence-corrected chi connectivity index (χ2v) is 5.66. The lowest BCUT2D eigenvalue weighted by atomic mass is 9.99. The summed E-state index contributed by atoms with van der Waals surface area (Å²) in [5.74, 6) is 0. The highest BCUT2D eigenvalue weighted by Gasteiger charge is 2.28. The zero-order valence-electron chi connectivity index (χ0n) is 12.9. The molecule has 1 N–H and O–H groups in total. The standard InChI is InChI=1S/C16H25N3O2/c1-3-10-18(15-8-9-17-12-15)16(4-2)13-6-5-7-14(11-13)19(20)21/h5-7,11,15-17H,3-4,8-10,12H2,1-2H3. The van der Waals surface area contributed by atoms with Gasteiger partial charge in [-0.2, -0.15) is 0 Å². The minimum Gasteiger partial charge on any atom is -0.315 e. The van der Waals surface area contributed by atoms with Gasteiger partial charge in [0, 0.05) is 30.8 Å². The van der Waals surface area contributed by atoms with Crippen LogP contribution in [0.15, 0.2) is 24.3 Å². The molecule has 0 radical (unpaired) electrons. The van der Waals surface area contributed by atoms with Crippen LogP contribution in [0.4, 0.5) is 5.69 Å². The highest BCUT2D eigenvalue weighted by Crippen LogP contribution is 2.30. The smallest absolute Gasteiger partial charge is 0.269 e. The van der Waals surface area contributed by atoms with Crippen molar-refractivity contribution < 1.29 is 4.92 Å². The molecule has 2 atom stereocenters. The fraction of sp³-hybridized carbons (Fsp3) is 0.625. The summed E-state index contributed by atoms with van der Waals surface area (Å²) in [5.41, 5.74) is 1.25. The predicted octanol–water partition coefficient (Wildman–Crippen LogP) is 3.12. The fourth-order valence-electron chi connectivity index (χ4n) is 3.28. The maximum atomic E-state index is 11.0. The van der Waals surface area contributed by atoms with Crippen LogP contribution < -0.4 is 5.32 Å². The number of benzene rings is 1. The zero-order valence-corrected chi connectivity index (χ0v) is 12.9. The van der Waals surface area contributed by atoms with Gasteiger partial charge in [0.1, 0.15) is 0 Å². The van der Waals surface area contributed by atoms with Gasteiger partial charge in [-0.15, -0.1) is 0 Å². The quantitative estimate of drug-likeness (QED) is 0.619. The van der Waals surface area contributed by atoms with Crippen LogP contribution in [0.5, 0.6) is 0 Å². The van der Waals surface area contributed by atoms with Crippen molar-refractivity contribution in [2.45, 2.75) is 45.2 Å². The van der Waals surface area contributed by atoms with Gasteiger partial charge in [0.05, 0.1) is 4.92 Å². The summed E-state index contributed by atoms with van der Waals surface area (Å²) in [6, 6.07) is 7.92. The van der Waals surface area contributed by atoms with Crippen LogP contribution in [-0.4, -0.2) is 35.5 Å².